The number of nitrogens with one attached hydrogen (secondary N) is 1. The molecular weight excluding hydrogens is 300 g/mol. The molecule has 1 aliphatic heterocycles. The number of hydrogen-bond acceptors (Lipinski definition) is 5. The predicted octanol–water partition coefficient (Wildman–Crippen LogP) is 2.64. The molecule has 120 valence electrons. The van der Waals surface area contributed by atoms with Crippen LogP contribution < -0.4 is 5.32 Å². The highest BCUT2D eigenvalue weighted by Gasteiger charge is 2.55. The largest absolute Gasteiger partial charge is 0.464 e. The lowest BCUT2D eigenvalue weighted by molar-refractivity contribution is -0.155. The fourth-order valence-corrected chi connectivity index (χ4v) is 4.06. The molecule has 0 unspecified atom stereocenters. The number of thioether (sulfide) groups is 1. The zero-order valence-electron chi connectivity index (χ0n) is 13.4. The Morgan fingerprint density at radius 2 is 2.00 bits per heavy atom. The topological polar surface area (TPSA) is 58.6 Å². The summed E-state index contributed by atoms with van der Waals surface area (Å²) in [5, 5.41) is 2.86. The molecule has 5 nitrogen and oxygen atoms in total. The maximum atomic E-state index is 12.8. The quantitative estimate of drug-likeness (QED) is 0.667. The van der Waals surface area contributed by atoms with Crippen molar-refractivity contribution in [1.82, 2.24) is 4.90 Å². The van der Waals surface area contributed by atoms with Gasteiger partial charge in [0.15, 0.2) is 0 Å². The minimum Gasteiger partial charge on any atom is -0.464 e. The van der Waals surface area contributed by atoms with Gasteiger partial charge in [0.25, 0.3) is 5.91 Å². The van der Waals surface area contributed by atoms with Gasteiger partial charge in [0, 0.05) is 4.90 Å². The third-order valence-corrected chi connectivity index (χ3v) is 5.17. The first-order valence-electron chi connectivity index (χ1n) is 7.52. The van der Waals surface area contributed by atoms with Gasteiger partial charge < -0.3 is 10.1 Å². The normalized spacial score (nSPS) is 20.5. The van der Waals surface area contributed by atoms with Crippen LogP contribution in [0.15, 0.2) is 23.1 Å². The highest BCUT2D eigenvalue weighted by Crippen LogP contribution is 2.45. The van der Waals surface area contributed by atoms with Gasteiger partial charge in [-0.15, -0.1) is 0 Å². The zero-order chi connectivity index (χ0) is 16.3. The molecule has 0 saturated heterocycles. The Balaban J connectivity index is 2.53. The molecule has 2 rings (SSSR count). The number of hydrogen-bond donors (Lipinski definition) is 1. The molecule has 1 amide bonds. The summed E-state index contributed by atoms with van der Waals surface area (Å²) >= 11 is 1.27. The lowest BCUT2D eigenvalue weighted by Gasteiger charge is -2.41. The Hall–Kier alpha value is -1.53. The van der Waals surface area contributed by atoms with Crippen LogP contribution in [-0.4, -0.2) is 41.3 Å². The highest BCUT2D eigenvalue weighted by atomic mass is 32.2. The summed E-state index contributed by atoms with van der Waals surface area (Å²) in [7, 11) is 0. The van der Waals surface area contributed by atoms with Gasteiger partial charge in [-0.3, -0.25) is 9.69 Å². The second-order valence-electron chi connectivity index (χ2n) is 5.09. The van der Waals surface area contributed by atoms with E-state index < -0.39 is 10.8 Å². The van der Waals surface area contributed by atoms with Gasteiger partial charge in [-0.05, 0) is 44.6 Å². The summed E-state index contributed by atoms with van der Waals surface area (Å²) in [6, 6.07) is 5.79. The van der Waals surface area contributed by atoms with Crippen LogP contribution in [0.4, 0.5) is 5.69 Å². The number of carbonyl (C=O) groups excluding carboxylic acids is 2. The summed E-state index contributed by atoms with van der Waals surface area (Å²) in [6.45, 7) is 9.01. The first-order valence-corrected chi connectivity index (χ1v) is 8.34. The van der Waals surface area contributed by atoms with Crippen LogP contribution in [0.25, 0.3) is 0 Å². The van der Waals surface area contributed by atoms with Gasteiger partial charge in [-0.1, -0.05) is 31.7 Å². The maximum absolute atomic E-state index is 12.8. The molecule has 1 atom stereocenters. The number of benzene rings is 1. The van der Waals surface area contributed by atoms with Crippen molar-refractivity contribution >= 4 is 29.3 Å². The number of likely N-dealkylation sites (N-methyl/N-ethyl adjacent to an activating group) is 1. The number of rotatable bonds is 5. The fourth-order valence-electron chi connectivity index (χ4n) is 2.60. The van der Waals surface area contributed by atoms with Gasteiger partial charge in [-0.2, -0.15) is 0 Å². The molecule has 6 heteroatoms. The van der Waals surface area contributed by atoms with Crippen molar-refractivity contribution in [2.75, 3.05) is 25.0 Å². The predicted molar refractivity (Wildman–Crippen MR) is 88.0 cm³/mol. The van der Waals surface area contributed by atoms with Crippen molar-refractivity contribution in [3.63, 3.8) is 0 Å². The Morgan fingerprint density at radius 1 is 1.32 bits per heavy atom. The van der Waals surface area contributed by atoms with E-state index in [9.17, 15) is 9.59 Å². The summed E-state index contributed by atoms with van der Waals surface area (Å²) in [4.78, 5) is 26.8. The van der Waals surface area contributed by atoms with E-state index >= 15 is 0 Å². The number of fused-ring (bicyclic) bond motifs is 1. The number of aryl methyl sites for hydroxylation is 1. The van der Waals surface area contributed by atoms with Gasteiger partial charge >= 0.3 is 5.97 Å². The first-order chi connectivity index (χ1) is 10.5. The minimum atomic E-state index is -1.36. The maximum Gasteiger partial charge on any atom is 0.347 e. The molecule has 1 aliphatic rings. The molecule has 0 aliphatic carbocycles. The Labute approximate surface area is 135 Å². The van der Waals surface area contributed by atoms with Gasteiger partial charge in [0.1, 0.15) is 0 Å². The van der Waals surface area contributed by atoms with Crippen molar-refractivity contribution < 1.29 is 14.3 Å². The molecule has 0 fully saturated rings. The number of carbonyl (C=O) groups is 2. The Kier molecular flexibility index (Phi) is 5.13. The minimum absolute atomic E-state index is 0.246. The number of nitrogens with zero attached hydrogens (tertiary/aromatic N) is 1. The van der Waals surface area contributed by atoms with E-state index in [2.05, 4.69) is 5.32 Å². The van der Waals surface area contributed by atoms with Crippen molar-refractivity contribution in [3.05, 3.63) is 23.8 Å². The second kappa shape index (κ2) is 6.71. The van der Waals surface area contributed by atoms with Crippen molar-refractivity contribution in [1.29, 1.82) is 0 Å². The van der Waals surface area contributed by atoms with Crippen LogP contribution in [0.1, 0.15) is 26.3 Å². The van der Waals surface area contributed by atoms with Crippen LogP contribution in [0.2, 0.25) is 0 Å². The van der Waals surface area contributed by atoms with Crippen LogP contribution in [0, 0.1) is 6.92 Å². The number of anilines is 1. The van der Waals surface area contributed by atoms with Gasteiger partial charge in [0.2, 0.25) is 4.87 Å². The molecule has 1 aromatic carbocycles. The molecule has 1 aromatic rings. The molecular formula is C16H22N2O3S. The molecule has 1 N–H and O–H groups in total. The Morgan fingerprint density at radius 3 is 2.59 bits per heavy atom. The molecule has 0 bridgehead atoms. The van der Waals surface area contributed by atoms with E-state index in [1.165, 1.54) is 11.8 Å². The monoisotopic (exact) mass is 322 g/mol. The molecule has 22 heavy (non-hydrogen) atoms. The van der Waals surface area contributed by atoms with Gasteiger partial charge in [0.05, 0.1) is 12.3 Å². The van der Waals surface area contributed by atoms with Crippen molar-refractivity contribution in [2.45, 2.75) is 37.5 Å². The van der Waals surface area contributed by atoms with Crippen LogP contribution in [0.5, 0.6) is 0 Å². The van der Waals surface area contributed by atoms with E-state index in [1.54, 1.807) is 6.92 Å². The van der Waals surface area contributed by atoms with Crippen LogP contribution in [0.3, 0.4) is 0 Å². The van der Waals surface area contributed by atoms with Crippen molar-refractivity contribution in [2.24, 2.45) is 0 Å². The molecule has 1 heterocycles. The van der Waals surface area contributed by atoms with Crippen LogP contribution >= 0.6 is 11.8 Å². The number of esters is 1. The summed E-state index contributed by atoms with van der Waals surface area (Å²) < 4.78 is 5.22. The third kappa shape index (κ3) is 2.73. The van der Waals surface area contributed by atoms with E-state index in [4.69, 9.17) is 4.74 Å². The number of ether oxygens (including phenoxy) is 1. The molecule has 0 aromatic heterocycles. The fraction of sp³-hybridized carbons (Fsp3) is 0.500. The average molecular weight is 322 g/mol. The Bertz CT molecular complexity index is 587. The molecule has 0 radical (unpaired) electrons. The molecule has 0 spiro atoms. The summed E-state index contributed by atoms with van der Waals surface area (Å²) in [6.07, 6.45) is 0. The number of amides is 1. The lowest BCUT2D eigenvalue weighted by Crippen LogP contribution is -2.61. The van der Waals surface area contributed by atoms with E-state index in [0.717, 1.165) is 16.1 Å². The smallest absolute Gasteiger partial charge is 0.347 e. The SMILES string of the molecule is CCOC(=O)[C@@]1(N(CC)CC)Sc2cc(C)ccc2NC1=O. The molecule has 0 saturated carbocycles. The van der Waals surface area contributed by atoms with E-state index in [0.29, 0.717) is 13.1 Å². The van der Waals surface area contributed by atoms with Gasteiger partial charge in [-0.25, -0.2) is 4.79 Å². The summed E-state index contributed by atoms with van der Waals surface area (Å²) in [5.41, 5.74) is 1.83. The van der Waals surface area contributed by atoms with E-state index in [-0.39, 0.29) is 12.5 Å². The second-order valence-corrected chi connectivity index (χ2v) is 6.33. The van der Waals surface area contributed by atoms with E-state index in [1.807, 2.05) is 43.9 Å². The first kappa shape index (κ1) is 16.8. The highest BCUT2D eigenvalue weighted by molar-refractivity contribution is 8.02. The van der Waals surface area contributed by atoms with Crippen LogP contribution in [-0.2, 0) is 14.3 Å². The third-order valence-electron chi connectivity index (χ3n) is 3.71. The lowest BCUT2D eigenvalue weighted by atomic mass is 10.1. The van der Waals surface area contributed by atoms with Crippen molar-refractivity contribution in [3.8, 4) is 0 Å². The average Bonchev–Trinajstić information content (AvgIpc) is 2.49. The summed E-state index contributed by atoms with van der Waals surface area (Å²) in [5.74, 6) is -0.843. The standard InChI is InChI=1S/C16H22N2O3S/c1-5-18(6-2)16(15(20)21-7-3)14(19)17-12-9-8-11(4)10-13(12)22-16/h8-10H,5-7H2,1-4H3,(H,17,19)/t16-/m0/s1. The zero-order valence-corrected chi connectivity index (χ0v) is 14.3.